The lowest BCUT2D eigenvalue weighted by molar-refractivity contribution is 0.0664. The van der Waals surface area contributed by atoms with Crippen LogP contribution >= 0.6 is 0 Å². The number of benzene rings is 1. The van der Waals surface area contributed by atoms with Crippen molar-refractivity contribution in [2.24, 2.45) is 0 Å². The molecule has 2 aliphatic heterocycles. The average molecular weight is 336 g/mol. The molecule has 0 aromatic heterocycles. The maximum Gasteiger partial charge on any atom is 0.261 e. The number of carbonyl (C=O) groups excluding carboxylic acids is 2. The topological polar surface area (TPSA) is 74.8 Å². The van der Waals surface area contributed by atoms with Gasteiger partial charge in [-0.2, -0.15) is 4.31 Å². The zero-order chi connectivity index (χ0) is 16.6. The van der Waals surface area contributed by atoms with Crippen molar-refractivity contribution < 1.29 is 18.0 Å². The Hall–Kier alpha value is -1.73. The molecule has 1 aromatic carbocycles. The van der Waals surface area contributed by atoms with Crippen LogP contribution in [0.1, 0.15) is 46.9 Å². The molecule has 2 aliphatic rings. The second-order valence-electron chi connectivity index (χ2n) is 5.94. The van der Waals surface area contributed by atoms with Crippen molar-refractivity contribution in [3.63, 3.8) is 0 Å². The normalized spacial score (nSPS) is 22.0. The minimum Gasteiger partial charge on any atom is -0.273 e. The predicted octanol–water partition coefficient (Wildman–Crippen LogP) is 1.49. The van der Waals surface area contributed by atoms with Gasteiger partial charge in [0.1, 0.15) is 0 Å². The summed E-state index contributed by atoms with van der Waals surface area (Å²) in [6.07, 6.45) is 2.53. The van der Waals surface area contributed by atoms with Crippen LogP contribution in [0.25, 0.3) is 0 Å². The first-order chi connectivity index (χ1) is 11.0. The number of amides is 2. The predicted molar refractivity (Wildman–Crippen MR) is 85.6 cm³/mol. The minimum absolute atomic E-state index is 0.0437. The van der Waals surface area contributed by atoms with Crippen molar-refractivity contribution in [3.8, 4) is 0 Å². The van der Waals surface area contributed by atoms with Crippen LogP contribution in [0.4, 0.5) is 0 Å². The van der Waals surface area contributed by atoms with E-state index in [1.54, 1.807) is 24.3 Å². The number of hydrogen-bond acceptors (Lipinski definition) is 4. The molecule has 6 nitrogen and oxygen atoms in total. The number of rotatable bonds is 5. The van der Waals surface area contributed by atoms with Gasteiger partial charge in [-0.3, -0.25) is 14.5 Å². The Labute approximate surface area is 136 Å². The zero-order valence-corrected chi connectivity index (χ0v) is 13.9. The lowest BCUT2D eigenvalue weighted by atomic mass is 10.1. The fourth-order valence-corrected chi connectivity index (χ4v) is 5.11. The summed E-state index contributed by atoms with van der Waals surface area (Å²) in [6.45, 7) is 2.41. The smallest absolute Gasteiger partial charge is 0.261 e. The molecule has 0 bridgehead atoms. The fourth-order valence-electron chi connectivity index (χ4n) is 3.35. The second kappa shape index (κ2) is 6.05. The molecule has 1 aromatic rings. The SMILES string of the molecule is CCC1CCCN1S(=O)(=O)CCN1C(=O)c2ccccc2C1=O. The van der Waals surface area contributed by atoms with Gasteiger partial charge in [0.25, 0.3) is 11.8 Å². The van der Waals surface area contributed by atoms with Crippen molar-refractivity contribution >= 4 is 21.8 Å². The molecule has 0 N–H and O–H groups in total. The van der Waals surface area contributed by atoms with Crippen LogP contribution in [0.2, 0.25) is 0 Å². The minimum atomic E-state index is -3.46. The van der Waals surface area contributed by atoms with Gasteiger partial charge in [-0.05, 0) is 31.4 Å². The molecule has 7 heteroatoms. The van der Waals surface area contributed by atoms with E-state index < -0.39 is 21.8 Å². The molecule has 124 valence electrons. The molecule has 1 atom stereocenters. The molecule has 0 aliphatic carbocycles. The summed E-state index contributed by atoms with van der Waals surface area (Å²) in [4.78, 5) is 25.6. The van der Waals surface area contributed by atoms with E-state index >= 15 is 0 Å². The third kappa shape index (κ3) is 2.79. The highest BCUT2D eigenvalue weighted by Crippen LogP contribution is 2.25. The molecule has 0 radical (unpaired) electrons. The third-order valence-electron chi connectivity index (χ3n) is 4.60. The standard InChI is InChI=1S/C16H20N2O4S/c1-2-12-6-5-9-18(12)23(21,22)11-10-17-15(19)13-7-3-4-8-14(13)16(17)20/h3-4,7-8,12H,2,5-6,9-11H2,1H3. The van der Waals surface area contributed by atoms with Crippen LogP contribution < -0.4 is 0 Å². The third-order valence-corrected chi connectivity index (χ3v) is 6.50. The Morgan fingerprint density at radius 3 is 2.30 bits per heavy atom. The highest BCUT2D eigenvalue weighted by molar-refractivity contribution is 7.89. The van der Waals surface area contributed by atoms with Crippen molar-refractivity contribution in [1.82, 2.24) is 9.21 Å². The number of hydrogen-bond donors (Lipinski definition) is 0. The largest absolute Gasteiger partial charge is 0.273 e. The van der Waals surface area contributed by atoms with Gasteiger partial charge in [0.05, 0.1) is 16.9 Å². The van der Waals surface area contributed by atoms with Gasteiger partial charge in [0.2, 0.25) is 10.0 Å². The monoisotopic (exact) mass is 336 g/mol. The number of nitrogens with zero attached hydrogens (tertiary/aromatic N) is 2. The van der Waals surface area contributed by atoms with Crippen LogP contribution in [-0.2, 0) is 10.0 Å². The lowest BCUT2D eigenvalue weighted by Gasteiger charge is -2.24. The Balaban J connectivity index is 1.72. The second-order valence-corrected chi connectivity index (χ2v) is 7.98. The van der Waals surface area contributed by atoms with Gasteiger partial charge in [0, 0.05) is 19.1 Å². The molecular weight excluding hydrogens is 316 g/mol. The van der Waals surface area contributed by atoms with Gasteiger partial charge < -0.3 is 0 Å². The summed E-state index contributed by atoms with van der Waals surface area (Å²) >= 11 is 0. The Morgan fingerprint density at radius 2 is 1.74 bits per heavy atom. The molecule has 1 fully saturated rings. The zero-order valence-electron chi connectivity index (χ0n) is 13.1. The van der Waals surface area contributed by atoms with E-state index in [0.29, 0.717) is 17.7 Å². The molecule has 0 saturated carbocycles. The van der Waals surface area contributed by atoms with E-state index in [1.165, 1.54) is 4.31 Å². The van der Waals surface area contributed by atoms with Crippen LogP contribution in [0.15, 0.2) is 24.3 Å². The van der Waals surface area contributed by atoms with Crippen LogP contribution in [0, 0.1) is 0 Å². The molecule has 0 spiro atoms. The summed E-state index contributed by atoms with van der Waals surface area (Å²) in [5.41, 5.74) is 0.699. The van der Waals surface area contributed by atoms with E-state index in [9.17, 15) is 18.0 Å². The molecule has 3 rings (SSSR count). The highest BCUT2D eigenvalue weighted by Gasteiger charge is 2.38. The van der Waals surface area contributed by atoms with Crippen molar-refractivity contribution in [3.05, 3.63) is 35.4 Å². The number of carbonyl (C=O) groups is 2. The Kier molecular flexibility index (Phi) is 4.25. The average Bonchev–Trinajstić information content (AvgIpc) is 3.11. The summed E-state index contributed by atoms with van der Waals surface area (Å²) in [5, 5.41) is 0. The van der Waals surface area contributed by atoms with Crippen LogP contribution in [-0.4, -0.2) is 54.3 Å². The van der Waals surface area contributed by atoms with Crippen LogP contribution in [0.5, 0.6) is 0 Å². The first-order valence-corrected chi connectivity index (χ1v) is 9.51. The van der Waals surface area contributed by atoms with Gasteiger partial charge >= 0.3 is 0 Å². The molecule has 2 amide bonds. The number of fused-ring (bicyclic) bond motifs is 1. The van der Waals surface area contributed by atoms with E-state index in [4.69, 9.17) is 0 Å². The van der Waals surface area contributed by atoms with Gasteiger partial charge in [-0.1, -0.05) is 19.1 Å². The Morgan fingerprint density at radius 1 is 1.13 bits per heavy atom. The fraction of sp³-hybridized carbons (Fsp3) is 0.500. The van der Waals surface area contributed by atoms with Crippen molar-refractivity contribution in [1.29, 1.82) is 0 Å². The molecular formula is C16H20N2O4S. The lowest BCUT2D eigenvalue weighted by Crippen LogP contribution is -2.41. The maximum atomic E-state index is 12.5. The molecule has 1 saturated heterocycles. The summed E-state index contributed by atoms with van der Waals surface area (Å²) in [6, 6.07) is 6.62. The first kappa shape index (κ1) is 16.1. The molecule has 23 heavy (non-hydrogen) atoms. The van der Waals surface area contributed by atoms with E-state index in [2.05, 4.69) is 0 Å². The van der Waals surface area contributed by atoms with Crippen LogP contribution in [0.3, 0.4) is 0 Å². The Bertz CT molecular complexity index is 709. The number of sulfonamides is 1. The van der Waals surface area contributed by atoms with Gasteiger partial charge in [0.15, 0.2) is 0 Å². The number of imide groups is 1. The molecule has 1 unspecified atom stereocenters. The molecule has 2 heterocycles. The van der Waals surface area contributed by atoms with Gasteiger partial charge in [-0.15, -0.1) is 0 Å². The maximum absolute atomic E-state index is 12.5. The highest BCUT2D eigenvalue weighted by atomic mass is 32.2. The van der Waals surface area contributed by atoms with Crippen molar-refractivity contribution in [2.75, 3.05) is 18.8 Å². The first-order valence-electron chi connectivity index (χ1n) is 7.90. The van der Waals surface area contributed by atoms with Crippen molar-refractivity contribution in [2.45, 2.75) is 32.2 Å². The quantitative estimate of drug-likeness (QED) is 0.764. The summed E-state index contributed by atoms with van der Waals surface area (Å²) in [5.74, 6) is -1.03. The summed E-state index contributed by atoms with van der Waals surface area (Å²) in [7, 11) is -3.46. The summed E-state index contributed by atoms with van der Waals surface area (Å²) < 4.78 is 26.6. The van der Waals surface area contributed by atoms with E-state index in [1.807, 2.05) is 6.92 Å². The van der Waals surface area contributed by atoms with Gasteiger partial charge in [-0.25, -0.2) is 8.42 Å². The van der Waals surface area contributed by atoms with E-state index in [-0.39, 0.29) is 18.3 Å². The van der Waals surface area contributed by atoms with E-state index in [0.717, 1.165) is 24.2 Å².